The van der Waals surface area contributed by atoms with E-state index in [1.807, 2.05) is 0 Å². The summed E-state index contributed by atoms with van der Waals surface area (Å²) in [4.78, 5) is 22.5. The highest BCUT2D eigenvalue weighted by Crippen LogP contribution is 2.30. The van der Waals surface area contributed by atoms with Gasteiger partial charge in [-0.1, -0.05) is 18.2 Å². The van der Waals surface area contributed by atoms with Gasteiger partial charge in [0.05, 0.1) is 37.2 Å². The highest BCUT2D eigenvalue weighted by molar-refractivity contribution is 5.71. The zero-order chi connectivity index (χ0) is 17.5. The molecule has 0 saturated carbocycles. The maximum Gasteiger partial charge on any atom is 0.307 e. The van der Waals surface area contributed by atoms with Gasteiger partial charge in [-0.25, -0.2) is 0 Å². The second kappa shape index (κ2) is 7.96. The number of nitro benzene ring substituents is 1. The monoisotopic (exact) mass is 330 g/mol. The predicted octanol–water partition coefficient (Wildman–Crippen LogP) is 3.32. The first-order valence-corrected chi connectivity index (χ1v) is 7.26. The lowest BCUT2D eigenvalue weighted by atomic mass is 10.0. The number of hydrogen-bond donors (Lipinski definition) is 1. The fourth-order valence-corrected chi connectivity index (χ4v) is 2.33. The summed E-state index contributed by atoms with van der Waals surface area (Å²) in [6.45, 7) is 0. The zero-order valence-corrected chi connectivity index (χ0v) is 13.4. The topological polar surface area (TPSA) is 90.7 Å². The lowest BCUT2D eigenvalue weighted by Gasteiger charge is -2.19. The van der Waals surface area contributed by atoms with Crippen molar-refractivity contribution >= 4 is 17.3 Å². The molecule has 0 aliphatic heterocycles. The van der Waals surface area contributed by atoms with E-state index < -0.39 is 16.9 Å². The average Bonchev–Trinajstić information content (AvgIpc) is 2.61. The Morgan fingerprint density at radius 1 is 1.17 bits per heavy atom. The Morgan fingerprint density at radius 3 is 2.42 bits per heavy atom. The van der Waals surface area contributed by atoms with Crippen LogP contribution in [0.3, 0.4) is 0 Å². The summed E-state index contributed by atoms with van der Waals surface area (Å²) in [6, 6.07) is 12.8. The summed E-state index contributed by atoms with van der Waals surface area (Å²) in [5.41, 5.74) is 1.08. The summed E-state index contributed by atoms with van der Waals surface area (Å²) in [5, 5.41) is 14.4. The Morgan fingerprint density at radius 2 is 1.83 bits per heavy atom. The van der Waals surface area contributed by atoms with Crippen molar-refractivity contribution in [3.8, 4) is 5.75 Å². The van der Waals surface area contributed by atoms with E-state index in [1.54, 1.807) is 49.6 Å². The number of anilines is 1. The van der Waals surface area contributed by atoms with E-state index in [9.17, 15) is 14.9 Å². The van der Waals surface area contributed by atoms with Crippen molar-refractivity contribution in [2.24, 2.45) is 0 Å². The molecular formula is C17H18N2O5. The molecule has 24 heavy (non-hydrogen) atoms. The first kappa shape index (κ1) is 17.3. The van der Waals surface area contributed by atoms with E-state index in [-0.39, 0.29) is 12.1 Å². The van der Waals surface area contributed by atoms with Gasteiger partial charge >= 0.3 is 5.97 Å². The van der Waals surface area contributed by atoms with Gasteiger partial charge in [0.1, 0.15) is 5.75 Å². The minimum absolute atomic E-state index is 0.0343. The Labute approximate surface area is 139 Å². The highest BCUT2D eigenvalue weighted by Gasteiger charge is 2.24. The second-order valence-electron chi connectivity index (χ2n) is 5.02. The molecule has 0 saturated heterocycles. The number of ether oxygens (including phenoxy) is 2. The van der Waals surface area contributed by atoms with Gasteiger partial charge < -0.3 is 14.8 Å². The third-order valence-corrected chi connectivity index (χ3v) is 3.54. The van der Waals surface area contributed by atoms with Gasteiger partial charge in [-0.3, -0.25) is 14.9 Å². The number of benzene rings is 2. The maximum atomic E-state index is 11.7. The number of nitrogens with one attached hydrogen (secondary N) is 1. The van der Waals surface area contributed by atoms with Crippen LogP contribution in [-0.4, -0.2) is 25.1 Å². The third kappa shape index (κ3) is 4.22. The van der Waals surface area contributed by atoms with Crippen molar-refractivity contribution < 1.29 is 19.2 Å². The van der Waals surface area contributed by atoms with Crippen LogP contribution in [0, 0.1) is 10.1 Å². The number of rotatable bonds is 7. The van der Waals surface area contributed by atoms with Crippen LogP contribution in [0.1, 0.15) is 18.0 Å². The molecule has 0 amide bonds. The number of esters is 1. The molecule has 7 nitrogen and oxygen atoms in total. The maximum absolute atomic E-state index is 11.7. The third-order valence-electron chi connectivity index (χ3n) is 3.54. The minimum Gasteiger partial charge on any atom is -0.497 e. The normalized spacial score (nSPS) is 11.4. The molecule has 0 fully saturated rings. The van der Waals surface area contributed by atoms with E-state index in [0.29, 0.717) is 17.0 Å². The molecule has 0 aliphatic rings. The first-order valence-electron chi connectivity index (χ1n) is 7.26. The molecule has 0 radical (unpaired) electrons. The number of para-hydroxylation sites is 1. The lowest BCUT2D eigenvalue weighted by molar-refractivity contribution is -0.385. The van der Waals surface area contributed by atoms with Crippen molar-refractivity contribution in [3.05, 3.63) is 64.2 Å². The Bertz CT molecular complexity index is 715. The summed E-state index contributed by atoms with van der Waals surface area (Å²) in [7, 11) is 2.85. The number of nitro groups is 1. The standard InChI is InChI=1S/C17H18N2O5/c1-23-13-9-7-12(8-10-13)18-15(11-17(20)24-2)14-5-3-4-6-16(14)19(21)22/h3-10,15,18H,11H2,1-2H3. The number of carbonyl (C=O) groups is 1. The van der Waals surface area contributed by atoms with Crippen molar-refractivity contribution in [1.82, 2.24) is 0 Å². The number of hydrogen-bond acceptors (Lipinski definition) is 6. The summed E-state index contributed by atoms with van der Waals surface area (Å²) < 4.78 is 9.81. The van der Waals surface area contributed by atoms with Gasteiger partial charge in [0.15, 0.2) is 0 Å². The Balaban J connectivity index is 2.34. The van der Waals surface area contributed by atoms with Gasteiger partial charge in [-0.15, -0.1) is 0 Å². The van der Waals surface area contributed by atoms with Crippen LogP contribution < -0.4 is 10.1 Å². The van der Waals surface area contributed by atoms with Crippen molar-refractivity contribution in [3.63, 3.8) is 0 Å². The van der Waals surface area contributed by atoms with Gasteiger partial charge in [0, 0.05) is 11.8 Å². The Hall–Kier alpha value is -3.09. The van der Waals surface area contributed by atoms with Gasteiger partial charge in [0.25, 0.3) is 5.69 Å². The Kier molecular flexibility index (Phi) is 5.73. The van der Waals surface area contributed by atoms with E-state index in [2.05, 4.69) is 5.32 Å². The number of methoxy groups -OCH3 is 2. The SMILES string of the molecule is COC(=O)CC(Nc1ccc(OC)cc1)c1ccccc1[N+](=O)[O-]. The quantitative estimate of drug-likeness (QED) is 0.476. The van der Waals surface area contributed by atoms with Crippen molar-refractivity contribution in [2.45, 2.75) is 12.5 Å². The van der Waals surface area contributed by atoms with E-state index in [0.717, 1.165) is 0 Å². The molecule has 0 aliphatic carbocycles. The van der Waals surface area contributed by atoms with Crippen LogP contribution in [0.4, 0.5) is 11.4 Å². The molecule has 1 atom stereocenters. The molecule has 1 N–H and O–H groups in total. The smallest absolute Gasteiger partial charge is 0.307 e. The molecule has 7 heteroatoms. The van der Waals surface area contributed by atoms with Crippen LogP contribution in [0.25, 0.3) is 0 Å². The lowest BCUT2D eigenvalue weighted by Crippen LogP contribution is -2.17. The average molecular weight is 330 g/mol. The summed E-state index contributed by atoms with van der Waals surface area (Å²) >= 11 is 0. The van der Waals surface area contributed by atoms with E-state index in [4.69, 9.17) is 9.47 Å². The van der Waals surface area contributed by atoms with Crippen LogP contribution >= 0.6 is 0 Å². The zero-order valence-electron chi connectivity index (χ0n) is 13.4. The van der Waals surface area contributed by atoms with Crippen LogP contribution in [0.5, 0.6) is 5.75 Å². The van der Waals surface area contributed by atoms with Crippen molar-refractivity contribution in [1.29, 1.82) is 0 Å². The molecule has 2 aromatic rings. The summed E-state index contributed by atoms with van der Waals surface area (Å²) in [5.74, 6) is 0.231. The first-order chi connectivity index (χ1) is 11.5. The molecular weight excluding hydrogens is 312 g/mol. The van der Waals surface area contributed by atoms with E-state index >= 15 is 0 Å². The predicted molar refractivity (Wildman–Crippen MR) is 89.1 cm³/mol. The molecule has 0 heterocycles. The fourth-order valence-electron chi connectivity index (χ4n) is 2.33. The van der Waals surface area contributed by atoms with Gasteiger partial charge in [0.2, 0.25) is 0 Å². The van der Waals surface area contributed by atoms with Crippen molar-refractivity contribution in [2.75, 3.05) is 19.5 Å². The largest absolute Gasteiger partial charge is 0.497 e. The molecule has 0 spiro atoms. The molecule has 0 aromatic heterocycles. The minimum atomic E-state index is -0.590. The number of nitrogens with zero attached hydrogens (tertiary/aromatic N) is 1. The van der Waals surface area contributed by atoms with Crippen LogP contribution in [0.2, 0.25) is 0 Å². The van der Waals surface area contributed by atoms with E-state index in [1.165, 1.54) is 13.2 Å². The molecule has 1 unspecified atom stereocenters. The molecule has 2 rings (SSSR count). The highest BCUT2D eigenvalue weighted by atomic mass is 16.6. The van der Waals surface area contributed by atoms with Crippen LogP contribution in [-0.2, 0) is 9.53 Å². The summed E-state index contributed by atoms with van der Waals surface area (Å²) in [6.07, 6.45) is -0.0343. The second-order valence-corrected chi connectivity index (χ2v) is 5.02. The van der Waals surface area contributed by atoms with Crippen LogP contribution in [0.15, 0.2) is 48.5 Å². The fraction of sp³-hybridized carbons (Fsp3) is 0.235. The molecule has 2 aromatic carbocycles. The number of carbonyl (C=O) groups excluding carboxylic acids is 1. The molecule has 0 bridgehead atoms. The van der Waals surface area contributed by atoms with Gasteiger partial charge in [-0.2, -0.15) is 0 Å². The van der Waals surface area contributed by atoms with Gasteiger partial charge in [-0.05, 0) is 24.3 Å². The molecule has 126 valence electrons.